The van der Waals surface area contributed by atoms with Crippen molar-refractivity contribution < 1.29 is 22.7 Å². The Labute approximate surface area is 160 Å². The summed E-state index contributed by atoms with van der Waals surface area (Å²) in [6, 6.07) is 11.5. The molecular formula is C20H25NO5S. The molecule has 0 N–H and O–H groups in total. The van der Waals surface area contributed by atoms with Gasteiger partial charge < -0.3 is 9.47 Å². The van der Waals surface area contributed by atoms with E-state index in [1.807, 2.05) is 25.1 Å². The lowest BCUT2D eigenvalue weighted by Crippen LogP contribution is -2.30. The third-order valence-corrected chi connectivity index (χ3v) is 6.25. The van der Waals surface area contributed by atoms with Gasteiger partial charge in [-0.2, -0.15) is 4.31 Å². The van der Waals surface area contributed by atoms with Crippen LogP contribution in [0.3, 0.4) is 0 Å². The molecule has 146 valence electrons. The van der Waals surface area contributed by atoms with E-state index in [0.29, 0.717) is 18.8 Å². The van der Waals surface area contributed by atoms with Gasteiger partial charge in [-0.05, 0) is 37.3 Å². The summed E-state index contributed by atoms with van der Waals surface area (Å²) in [5, 5.41) is 0. The molecule has 0 saturated carbocycles. The molecule has 0 fully saturated rings. The Kier molecular flexibility index (Phi) is 6.98. The fraction of sp³-hybridized carbons (Fsp3) is 0.350. The Morgan fingerprint density at radius 1 is 1.07 bits per heavy atom. The van der Waals surface area contributed by atoms with Crippen molar-refractivity contribution in [3.63, 3.8) is 0 Å². The van der Waals surface area contributed by atoms with Gasteiger partial charge in [0, 0.05) is 18.7 Å². The third kappa shape index (κ3) is 4.87. The highest BCUT2D eigenvalue weighted by Crippen LogP contribution is 2.22. The number of carbonyl (C=O) groups is 1. The zero-order chi connectivity index (χ0) is 20.0. The second kappa shape index (κ2) is 9.01. The smallest absolute Gasteiger partial charge is 0.338 e. The van der Waals surface area contributed by atoms with Gasteiger partial charge in [-0.25, -0.2) is 13.2 Å². The molecular weight excluding hydrogens is 366 g/mol. The summed E-state index contributed by atoms with van der Waals surface area (Å²) < 4.78 is 37.2. The summed E-state index contributed by atoms with van der Waals surface area (Å²) in [5.41, 5.74) is 1.96. The maximum absolute atomic E-state index is 12.6. The van der Waals surface area contributed by atoms with Gasteiger partial charge in [-0.1, -0.05) is 31.5 Å². The van der Waals surface area contributed by atoms with Crippen molar-refractivity contribution in [2.45, 2.75) is 32.3 Å². The number of rotatable bonds is 8. The largest absolute Gasteiger partial charge is 0.496 e. The van der Waals surface area contributed by atoms with E-state index in [-0.39, 0.29) is 17.1 Å². The van der Waals surface area contributed by atoms with Crippen LogP contribution in [0, 0.1) is 6.92 Å². The van der Waals surface area contributed by atoms with Gasteiger partial charge in [-0.3, -0.25) is 0 Å². The SMILES string of the molecule is CCN(CC)S(=O)(=O)c1cccc(C(=O)OCc2cc(C)ccc2OC)c1. The number of methoxy groups -OCH3 is 1. The Hall–Kier alpha value is -2.38. The number of hydrogen-bond acceptors (Lipinski definition) is 5. The lowest BCUT2D eigenvalue weighted by molar-refractivity contribution is 0.0470. The molecule has 6 nitrogen and oxygen atoms in total. The predicted octanol–water partition coefficient (Wildman–Crippen LogP) is 3.39. The maximum Gasteiger partial charge on any atom is 0.338 e. The van der Waals surface area contributed by atoms with Gasteiger partial charge in [0.15, 0.2) is 0 Å². The van der Waals surface area contributed by atoms with E-state index >= 15 is 0 Å². The molecule has 0 aliphatic rings. The first-order chi connectivity index (χ1) is 12.8. The number of hydrogen-bond donors (Lipinski definition) is 0. The molecule has 2 rings (SSSR count). The molecule has 0 amide bonds. The summed E-state index contributed by atoms with van der Waals surface area (Å²) in [6.07, 6.45) is 0. The molecule has 0 aromatic heterocycles. The van der Waals surface area contributed by atoms with Gasteiger partial charge in [-0.15, -0.1) is 0 Å². The second-order valence-electron chi connectivity index (χ2n) is 6.01. The van der Waals surface area contributed by atoms with E-state index in [2.05, 4.69) is 0 Å². The number of aryl methyl sites for hydroxylation is 1. The number of ether oxygens (including phenoxy) is 2. The van der Waals surface area contributed by atoms with Crippen LogP contribution < -0.4 is 4.74 Å². The zero-order valence-electron chi connectivity index (χ0n) is 16.1. The molecule has 0 unspecified atom stereocenters. The van der Waals surface area contributed by atoms with Gasteiger partial charge >= 0.3 is 5.97 Å². The number of carbonyl (C=O) groups excluding carboxylic acids is 1. The minimum Gasteiger partial charge on any atom is -0.496 e. The van der Waals surface area contributed by atoms with Crippen molar-refractivity contribution in [2.24, 2.45) is 0 Å². The maximum atomic E-state index is 12.6. The lowest BCUT2D eigenvalue weighted by Gasteiger charge is -2.18. The molecule has 2 aromatic carbocycles. The molecule has 0 heterocycles. The molecule has 0 atom stereocenters. The summed E-state index contributed by atoms with van der Waals surface area (Å²) in [5.74, 6) is 0.0430. The van der Waals surface area contributed by atoms with Crippen LogP contribution in [0.25, 0.3) is 0 Å². The van der Waals surface area contributed by atoms with Crippen LogP contribution in [0.1, 0.15) is 35.3 Å². The first-order valence-corrected chi connectivity index (χ1v) is 10.2. The number of sulfonamides is 1. The Bertz CT molecular complexity index is 904. The first-order valence-electron chi connectivity index (χ1n) is 8.74. The van der Waals surface area contributed by atoms with Crippen LogP contribution in [0.4, 0.5) is 0 Å². The van der Waals surface area contributed by atoms with Crippen molar-refractivity contribution in [3.05, 3.63) is 59.2 Å². The third-order valence-electron chi connectivity index (χ3n) is 4.21. The van der Waals surface area contributed by atoms with Crippen LogP contribution in [0.15, 0.2) is 47.4 Å². The molecule has 7 heteroatoms. The molecule has 0 radical (unpaired) electrons. The topological polar surface area (TPSA) is 72.9 Å². The fourth-order valence-corrected chi connectivity index (χ4v) is 4.25. The van der Waals surface area contributed by atoms with E-state index in [0.717, 1.165) is 11.1 Å². The van der Waals surface area contributed by atoms with E-state index in [4.69, 9.17) is 9.47 Å². The quantitative estimate of drug-likeness (QED) is 0.645. The summed E-state index contributed by atoms with van der Waals surface area (Å²) in [6.45, 7) is 6.24. The molecule has 0 aliphatic carbocycles. The molecule has 27 heavy (non-hydrogen) atoms. The number of nitrogens with zero attached hydrogens (tertiary/aromatic N) is 1. The van der Waals surface area contributed by atoms with E-state index in [1.165, 1.54) is 22.5 Å². The van der Waals surface area contributed by atoms with Crippen LogP contribution in [-0.2, 0) is 21.4 Å². The lowest BCUT2D eigenvalue weighted by atomic mass is 10.1. The van der Waals surface area contributed by atoms with E-state index in [9.17, 15) is 13.2 Å². The Morgan fingerprint density at radius 3 is 2.41 bits per heavy atom. The monoisotopic (exact) mass is 391 g/mol. The van der Waals surface area contributed by atoms with Gasteiger partial charge in [0.25, 0.3) is 0 Å². The molecule has 2 aromatic rings. The molecule has 0 saturated heterocycles. The van der Waals surface area contributed by atoms with Crippen molar-refractivity contribution in [3.8, 4) is 5.75 Å². The number of benzene rings is 2. The highest BCUT2D eigenvalue weighted by Gasteiger charge is 2.23. The highest BCUT2D eigenvalue weighted by molar-refractivity contribution is 7.89. The van der Waals surface area contributed by atoms with Gasteiger partial charge in [0.05, 0.1) is 17.6 Å². The normalized spacial score (nSPS) is 11.4. The van der Waals surface area contributed by atoms with Crippen LogP contribution in [0.5, 0.6) is 5.75 Å². The van der Waals surface area contributed by atoms with Crippen molar-refractivity contribution in [2.75, 3.05) is 20.2 Å². The fourth-order valence-electron chi connectivity index (χ4n) is 2.74. The van der Waals surface area contributed by atoms with E-state index < -0.39 is 16.0 Å². The van der Waals surface area contributed by atoms with Crippen molar-refractivity contribution >= 4 is 16.0 Å². The Morgan fingerprint density at radius 2 is 1.78 bits per heavy atom. The van der Waals surface area contributed by atoms with Gasteiger partial charge in [0.2, 0.25) is 10.0 Å². The highest BCUT2D eigenvalue weighted by atomic mass is 32.2. The van der Waals surface area contributed by atoms with Gasteiger partial charge in [0.1, 0.15) is 12.4 Å². The number of esters is 1. The predicted molar refractivity (Wildman–Crippen MR) is 103 cm³/mol. The standard InChI is InChI=1S/C20H25NO5S/c1-5-21(6-2)27(23,24)18-9-7-8-16(13-18)20(22)26-14-17-12-15(3)10-11-19(17)25-4/h7-13H,5-6,14H2,1-4H3. The van der Waals surface area contributed by atoms with E-state index in [1.54, 1.807) is 27.0 Å². The average Bonchev–Trinajstić information content (AvgIpc) is 2.67. The minimum atomic E-state index is -3.64. The minimum absolute atomic E-state index is 0.0384. The molecule has 0 spiro atoms. The average molecular weight is 391 g/mol. The van der Waals surface area contributed by atoms with Crippen molar-refractivity contribution in [1.82, 2.24) is 4.31 Å². The summed E-state index contributed by atoms with van der Waals surface area (Å²) in [7, 11) is -2.08. The van der Waals surface area contributed by atoms with Crippen LogP contribution >= 0.6 is 0 Å². The van der Waals surface area contributed by atoms with Crippen LogP contribution in [0.2, 0.25) is 0 Å². The Balaban J connectivity index is 2.20. The van der Waals surface area contributed by atoms with Crippen LogP contribution in [-0.4, -0.2) is 38.9 Å². The molecule has 0 aliphatic heterocycles. The molecule has 0 bridgehead atoms. The summed E-state index contributed by atoms with van der Waals surface area (Å²) in [4.78, 5) is 12.5. The first kappa shape index (κ1) is 20.9. The van der Waals surface area contributed by atoms with Crippen molar-refractivity contribution in [1.29, 1.82) is 0 Å². The second-order valence-corrected chi connectivity index (χ2v) is 7.95. The summed E-state index contributed by atoms with van der Waals surface area (Å²) >= 11 is 0. The zero-order valence-corrected chi connectivity index (χ0v) is 16.9.